The molecule has 0 radical (unpaired) electrons. The third-order valence-electron chi connectivity index (χ3n) is 1.42. The maximum Gasteiger partial charge on any atom is 0.309 e. The van der Waals surface area contributed by atoms with E-state index in [-0.39, 0.29) is 5.91 Å². The van der Waals surface area contributed by atoms with Crippen molar-refractivity contribution in [3.63, 3.8) is 0 Å². The van der Waals surface area contributed by atoms with Crippen LogP contribution >= 0.6 is 0 Å². The smallest absolute Gasteiger partial charge is 0.309 e. The van der Waals surface area contributed by atoms with Gasteiger partial charge in [-0.25, -0.2) is 0 Å². The lowest BCUT2D eigenvalue weighted by Crippen LogP contribution is -2.48. The zero-order valence-corrected chi connectivity index (χ0v) is 7.80. The lowest BCUT2D eigenvalue weighted by molar-refractivity contribution is -0.140. The molecule has 3 N–H and O–H groups in total. The van der Waals surface area contributed by atoms with E-state index in [1.807, 2.05) is 0 Å². The van der Waals surface area contributed by atoms with Gasteiger partial charge in [0.25, 0.3) is 0 Å². The van der Waals surface area contributed by atoms with Gasteiger partial charge in [-0.15, -0.1) is 0 Å². The molecule has 0 aromatic carbocycles. The molecule has 74 valence electrons. The van der Waals surface area contributed by atoms with Gasteiger partial charge in [-0.05, 0) is 6.92 Å². The number of nitrogens with one attached hydrogen (secondary N) is 3. The SMILES string of the molecule is CNC(=O)C(=O)N[C@@H](C)C(=O)NC. The van der Waals surface area contributed by atoms with E-state index in [9.17, 15) is 14.4 Å². The molecular weight excluding hydrogens is 174 g/mol. The number of hydrogen-bond acceptors (Lipinski definition) is 3. The van der Waals surface area contributed by atoms with Crippen LogP contribution in [0.25, 0.3) is 0 Å². The quantitative estimate of drug-likeness (QED) is 0.436. The summed E-state index contributed by atoms with van der Waals surface area (Å²) in [7, 11) is 2.79. The lowest BCUT2D eigenvalue weighted by Gasteiger charge is -2.10. The molecule has 0 aromatic heterocycles. The minimum absolute atomic E-state index is 0.350. The Balaban J connectivity index is 4.06. The molecular formula is C7H13N3O3. The van der Waals surface area contributed by atoms with E-state index in [0.29, 0.717) is 0 Å². The molecule has 0 saturated heterocycles. The molecule has 0 aromatic rings. The van der Waals surface area contributed by atoms with Gasteiger partial charge in [-0.1, -0.05) is 0 Å². The van der Waals surface area contributed by atoms with Crippen LogP contribution in [0.15, 0.2) is 0 Å². The topological polar surface area (TPSA) is 87.3 Å². The molecule has 6 heteroatoms. The van der Waals surface area contributed by atoms with E-state index in [1.165, 1.54) is 21.0 Å². The Bertz CT molecular complexity index is 227. The van der Waals surface area contributed by atoms with Gasteiger partial charge in [0.2, 0.25) is 5.91 Å². The molecule has 0 rings (SSSR count). The van der Waals surface area contributed by atoms with E-state index in [4.69, 9.17) is 0 Å². The molecule has 0 saturated carbocycles. The number of likely N-dealkylation sites (N-methyl/N-ethyl adjacent to an activating group) is 2. The summed E-state index contributed by atoms with van der Waals surface area (Å²) in [5, 5.41) is 6.70. The Kier molecular flexibility index (Phi) is 4.50. The average Bonchev–Trinajstić information content (AvgIpc) is 2.14. The fourth-order valence-corrected chi connectivity index (χ4v) is 0.658. The molecule has 0 aliphatic carbocycles. The molecule has 0 aliphatic heterocycles. The Labute approximate surface area is 76.1 Å². The van der Waals surface area contributed by atoms with Crippen LogP contribution in [0.1, 0.15) is 6.92 Å². The van der Waals surface area contributed by atoms with Gasteiger partial charge >= 0.3 is 11.8 Å². The van der Waals surface area contributed by atoms with Crippen LogP contribution in [0.2, 0.25) is 0 Å². The number of hydrogen-bond donors (Lipinski definition) is 3. The van der Waals surface area contributed by atoms with Crippen molar-refractivity contribution >= 4 is 17.7 Å². The first-order valence-electron chi connectivity index (χ1n) is 3.77. The summed E-state index contributed by atoms with van der Waals surface area (Å²) >= 11 is 0. The van der Waals surface area contributed by atoms with E-state index in [1.54, 1.807) is 0 Å². The third-order valence-corrected chi connectivity index (χ3v) is 1.42. The first kappa shape index (κ1) is 11.4. The van der Waals surface area contributed by atoms with Gasteiger partial charge in [0, 0.05) is 14.1 Å². The first-order chi connectivity index (χ1) is 6.02. The minimum Gasteiger partial charge on any atom is -0.357 e. The van der Waals surface area contributed by atoms with Gasteiger partial charge in [-0.2, -0.15) is 0 Å². The monoisotopic (exact) mass is 187 g/mol. The highest BCUT2D eigenvalue weighted by atomic mass is 16.2. The molecule has 13 heavy (non-hydrogen) atoms. The van der Waals surface area contributed by atoms with E-state index < -0.39 is 17.9 Å². The number of amides is 3. The maximum atomic E-state index is 10.9. The van der Waals surface area contributed by atoms with Crippen LogP contribution in [0, 0.1) is 0 Å². The molecule has 0 unspecified atom stereocenters. The summed E-state index contributed by atoms with van der Waals surface area (Å²) in [5.74, 6) is -1.94. The van der Waals surface area contributed by atoms with Crippen molar-refractivity contribution < 1.29 is 14.4 Å². The van der Waals surface area contributed by atoms with Crippen LogP contribution < -0.4 is 16.0 Å². The zero-order chi connectivity index (χ0) is 10.4. The zero-order valence-electron chi connectivity index (χ0n) is 7.80. The van der Waals surface area contributed by atoms with Crippen LogP contribution in [0.4, 0.5) is 0 Å². The van der Waals surface area contributed by atoms with Crippen LogP contribution in [-0.2, 0) is 14.4 Å². The fraction of sp³-hybridized carbons (Fsp3) is 0.571. The normalized spacial score (nSPS) is 11.3. The Morgan fingerprint density at radius 3 is 1.92 bits per heavy atom. The molecule has 0 fully saturated rings. The van der Waals surface area contributed by atoms with Crippen LogP contribution in [-0.4, -0.2) is 37.9 Å². The molecule has 3 amide bonds. The van der Waals surface area contributed by atoms with Crippen molar-refractivity contribution in [2.75, 3.05) is 14.1 Å². The Morgan fingerprint density at radius 1 is 1.00 bits per heavy atom. The molecule has 1 atom stereocenters. The second kappa shape index (κ2) is 5.13. The van der Waals surface area contributed by atoms with Crippen molar-refractivity contribution in [2.24, 2.45) is 0 Å². The van der Waals surface area contributed by atoms with Crippen molar-refractivity contribution in [2.45, 2.75) is 13.0 Å². The highest BCUT2D eigenvalue weighted by molar-refractivity contribution is 6.35. The number of carbonyl (C=O) groups is 3. The van der Waals surface area contributed by atoms with Gasteiger partial charge in [-0.3, -0.25) is 14.4 Å². The summed E-state index contributed by atoms with van der Waals surface area (Å²) in [4.78, 5) is 32.5. The Hall–Kier alpha value is -1.59. The summed E-state index contributed by atoms with van der Waals surface area (Å²) in [6.07, 6.45) is 0. The van der Waals surface area contributed by atoms with E-state index >= 15 is 0 Å². The number of carbonyl (C=O) groups excluding carboxylic acids is 3. The van der Waals surface area contributed by atoms with Gasteiger partial charge in [0.15, 0.2) is 0 Å². The van der Waals surface area contributed by atoms with E-state index in [0.717, 1.165) is 0 Å². The molecule has 0 spiro atoms. The highest BCUT2D eigenvalue weighted by Gasteiger charge is 2.17. The molecule has 0 aliphatic rings. The predicted molar refractivity (Wildman–Crippen MR) is 45.7 cm³/mol. The fourth-order valence-electron chi connectivity index (χ4n) is 0.658. The van der Waals surface area contributed by atoms with Gasteiger partial charge < -0.3 is 16.0 Å². The van der Waals surface area contributed by atoms with Crippen molar-refractivity contribution in [3.8, 4) is 0 Å². The third kappa shape index (κ3) is 3.55. The first-order valence-corrected chi connectivity index (χ1v) is 3.77. The van der Waals surface area contributed by atoms with Gasteiger partial charge in [0.05, 0.1) is 0 Å². The number of rotatable bonds is 2. The summed E-state index contributed by atoms with van der Waals surface area (Å²) in [6.45, 7) is 1.49. The highest BCUT2D eigenvalue weighted by Crippen LogP contribution is 1.80. The summed E-state index contributed by atoms with van der Waals surface area (Å²) < 4.78 is 0. The van der Waals surface area contributed by atoms with Crippen molar-refractivity contribution in [3.05, 3.63) is 0 Å². The standard InChI is InChI=1S/C7H13N3O3/c1-4(5(11)8-2)10-7(13)6(12)9-3/h4H,1-3H3,(H,8,11)(H,9,12)(H,10,13)/t4-/m0/s1. The largest absolute Gasteiger partial charge is 0.357 e. The van der Waals surface area contributed by atoms with Crippen molar-refractivity contribution in [1.82, 2.24) is 16.0 Å². The molecule has 6 nitrogen and oxygen atoms in total. The minimum atomic E-state index is -0.821. The van der Waals surface area contributed by atoms with Gasteiger partial charge in [0.1, 0.15) is 6.04 Å². The van der Waals surface area contributed by atoms with Crippen LogP contribution in [0.5, 0.6) is 0 Å². The summed E-state index contributed by atoms with van der Waals surface area (Å²) in [6, 6.07) is -0.713. The second-order valence-electron chi connectivity index (χ2n) is 2.39. The molecule has 0 heterocycles. The van der Waals surface area contributed by atoms with Crippen molar-refractivity contribution in [1.29, 1.82) is 0 Å². The summed E-state index contributed by atoms with van der Waals surface area (Å²) in [5.41, 5.74) is 0. The second-order valence-corrected chi connectivity index (χ2v) is 2.39. The lowest BCUT2D eigenvalue weighted by atomic mass is 10.3. The predicted octanol–water partition coefficient (Wildman–Crippen LogP) is -2.02. The maximum absolute atomic E-state index is 10.9. The average molecular weight is 187 g/mol. The van der Waals surface area contributed by atoms with E-state index in [2.05, 4.69) is 16.0 Å². The van der Waals surface area contributed by atoms with Crippen LogP contribution in [0.3, 0.4) is 0 Å². The molecule has 0 bridgehead atoms. The Morgan fingerprint density at radius 2 is 1.54 bits per heavy atom.